The van der Waals surface area contributed by atoms with Gasteiger partial charge in [-0.3, -0.25) is 4.98 Å². The summed E-state index contributed by atoms with van der Waals surface area (Å²) in [7, 11) is 0. The van der Waals surface area contributed by atoms with Crippen molar-refractivity contribution in [3.63, 3.8) is 0 Å². The average Bonchev–Trinajstić information content (AvgIpc) is 2.83. The van der Waals surface area contributed by atoms with E-state index in [9.17, 15) is 0 Å². The van der Waals surface area contributed by atoms with Gasteiger partial charge in [0.15, 0.2) is 0 Å². The molecule has 0 aromatic carbocycles. The van der Waals surface area contributed by atoms with E-state index in [4.69, 9.17) is 0 Å². The number of nitrogens with one attached hydrogen (secondary N) is 1. The number of rotatable bonds is 5. The van der Waals surface area contributed by atoms with Crippen molar-refractivity contribution >= 4 is 11.3 Å². The molecule has 0 saturated carbocycles. The van der Waals surface area contributed by atoms with Gasteiger partial charge in [0.1, 0.15) is 0 Å². The minimum Gasteiger partial charge on any atom is -0.310 e. The van der Waals surface area contributed by atoms with Gasteiger partial charge in [-0.15, -0.1) is 0 Å². The highest BCUT2D eigenvalue weighted by Gasteiger charge is 2.03. The Bertz CT molecular complexity index is 397. The molecule has 0 unspecified atom stereocenters. The van der Waals surface area contributed by atoms with Crippen LogP contribution in [0.5, 0.6) is 0 Å². The number of thiophene rings is 1. The van der Waals surface area contributed by atoms with Crippen LogP contribution in [0.4, 0.5) is 0 Å². The van der Waals surface area contributed by atoms with E-state index in [2.05, 4.69) is 46.2 Å². The van der Waals surface area contributed by atoms with Crippen molar-refractivity contribution < 1.29 is 0 Å². The Morgan fingerprint density at radius 2 is 2.12 bits per heavy atom. The van der Waals surface area contributed by atoms with E-state index in [1.54, 1.807) is 11.3 Å². The standard InChI is InChI=1S/C13H16N2S/c1-11(13-3-6-14-7-4-13)15-8-2-12-5-9-16-10-12/h3-7,9-11,15H,2,8H2,1H3/t11-/m0/s1. The summed E-state index contributed by atoms with van der Waals surface area (Å²) in [4.78, 5) is 4.02. The summed E-state index contributed by atoms with van der Waals surface area (Å²) in [6, 6.07) is 6.69. The minimum absolute atomic E-state index is 0.390. The molecule has 0 aliphatic rings. The Labute approximate surface area is 100 Å². The third-order valence-electron chi connectivity index (χ3n) is 2.65. The lowest BCUT2D eigenvalue weighted by Crippen LogP contribution is -2.21. The maximum atomic E-state index is 4.02. The molecule has 0 aliphatic carbocycles. The fraction of sp³-hybridized carbons (Fsp3) is 0.308. The van der Waals surface area contributed by atoms with Crippen LogP contribution < -0.4 is 5.32 Å². The molecular formula is C13H16N2S. The first-order valence-corrected chi connectivity index (χ1v) is 6.45. The maximum Gasteiger partial charge on any atom is 0.0293 e. The molecule has 0 saturated heterocycles. The molecule has 16 heavy (non-hydrogen) atoms. The van der Waals surface area contributed by atoms with Crippen LogP contribution in [0.1, 0.15) is 24.1 Å². The lowest BCUT2D eigenvalue weighted by molar-refractivity contribution is 0.576. The number of hydrogen-bond acceptors (Lipinski definition) is 3. The van der Waals surface area contributed by atoms with Gasteiger partial charge in [0.05, 0.1) is 0 Å². The van der Waals surface area contributed by atoms with Gasteiger partial charge >= 0.3 is 0 Å². The quantitative estimate of drug-likeness (QED) is 0.857. The van der Waals surface area contributed by atoms with Crippen LogP contribution in [0.15, 0.2) is 41.4 Å². The second-order valence-corrected chi connectivity index (χ2v) is 4.62. The Morgan fingerprint density at radius 3 is 2.81 bits per heavy atom. The van der Waals surface area contributed by atoms with Gasteiger partial charge in [-0.2, -0.15) is 11.3 Å². The zero-order valence-electron chi connectivity index (χ0n) is 9.39. The van der Waals surface area contributed by atoms with Crippen LogP contribution in [-0.2, 0) is 6.42 Å². The van der Waals surface area contributed by atoms with E-state index in [1.807, 2.05) is 12.4 Å². The molecule has 1 atom stereocenters. The number of nitrogens with zero attached hydrogens (tertiary/aromatic N) is 1. The Hall–Kier alpha value is -1.19. The first-order chi connectivity index (χ1) is 7.86. The van der Waals surface area contributed by atoms with Gasteiger partial charge < -0.3 is 5.32 Å². The average molecular weight is 232 g/mol. The van der Waals surface area contributed by atoms with Crippen molar-refractivity contribution in [2.24, 2.45) is 0 Å². The highest BCUT2D eigenvalue weighted by molar-refractivity contribution is 7.07. The van der Waals surface area contributed by atoms with Gasteiger partial charge in [0, 0.05) is 18.4 Å². The summed E-state index contributed by atoms with van der Waals surface area (Å²) in [5.74, 6) is 0. The smallest absolute Gasteiger partial charge is 0.0293 e. The fourth-order valence-corrected chi connectivity index (χ4v) is 2.34. The van der Waals surface area contributed by atoms with Crippen molar-refractivity contribution in [3.8, 4) is 0 Å². The van der Waals surface area contributed by atoms with Crippen LogP contribution in [-0.4, -0.2) is 11.5 Å². The van der Waals surface area contributed by atoms with Crippen molar-refractivity contribution in [3.05, 3.63) is 52.5 Å². The molecule has 2 rings (SSSR count). The number of hydrogen-bond donors (Lipinski definition) is 1. The van der Waals surface area contributed by atoms with Gasteiger partial charge in [-0.25, -0.2) is 0 Å². The summed E-state index contributed by atoms with van der Waals surface area (Å²) in [6.07, 6.45) is 4.78. The summed E-state index contributed by atoms with van der Waals surface area (Å²) in [5, 5.41) is 7.85. The van der Waals surface area contributed by atoms with Crippen LogP contribution >= 0.6 is 11.3 Å². The monoisotopic (exact) mass is 232 g/mol. The molecule has 84 valence electrons. The lowest BCUT2D eigenvalue weighted by Gasteiger charge is -2.13. The summed E-state index contributed by atoms with van der Waals surface area (Å²) in [6.45, 7) is 3.20. The molecule has 2 nitrogen and oxygen atoms in total. The third kappa shape index (κ3) is 3.15. The molecule has 0 spiro atoms. The molecule has 1 N–H and O–H groups in total. The Morgan fingerprint density at radius 1 is 1.31 bits per heavy atom. The maximum absolute atomic E-state index is 4.02. The van der Waals surface area contributed by atoms with Gasteiger partial charge in [0.25, 0.3) is 0 Å². The predicted octanol–water partition coefficient (Wildman–Crippen LogP) is 3.04. The van der Waals surface area contributed by atoms with Crippen molar-refractivity contribution in [1.29, 1.82) is 0 Å². The van der Waals surface area contributed by atoms with Gasteiger partial charge in [-0.1, -0.05) is 0 Å². The first-order valence-electron chi connectivity index (χ1n) is 5.50. The minimum atomic E-state index is 0.390. The number of aromatic nitrogens is 1. The van der Waals surface area contributed by atoms with E-state index in [0.717, 1.165) is 13.0 Å². The van der Waals surface area contributed by atoms with E-state index < -0.39 is 0 Å². The molecule has 0 radical (unpaired) electrons. The predicted molar refractivity (Wildman–Crippen MR) is 68.7 cm³/mol. The summed E-state index contributed by atoms with van der Waals surface area (Å²) >= 11 is 1.76. The topological polar surface area (TPSA) is 24.9 Å². The normalized spacial score (nSPS) is 12.6. The molecule has 0 bridgehead atoms. The highest BCUT2D eigenvalue weighted by Crippen LogP contribution is 2.11. The second kappa shape index (κ2) is 5.77. The van der Waals surface area contributed by atoms with Crippen LogP contribution in [0.25, 0.3) is 0 Å². The summed E-state index contributed by atoms with van der Waals surface area (Å²) in [5.41, 5.74) is 2.71. The third-order valence-corrected chi connectivity index (χ3v) is 3.38. The largest absolute Gasteiger partial charge is 0.310 e. The molecule has 3 heteroatoms. The highest BCUT2D eigenvalue weighted by atomic mass is 32.1. The van der Waals surface area contributed by atoms with Crippen LogP contribution in [0.2, 0.25) is 0 Å². The number of pyridine rings is 1. The van der Waals surface area contributed by atoms with Crippen LogP contribution in [0, 0.1) is 0 Å². The lowest BCUT2D eigenvalue weighted by atomic mass is 10.1. The second-order valence-electron chi connectivity index (χ2n) is 3.84. The van der Waals surface area contributed by atoms with Gasteiger partial charge in [0.2, 0.25) is 0 Å². The SMILES string of the molecule is C[C@H](NCCc1ccsc1)c1ccncc1. The van der Waals surface area contributed by atoms with Crippen molar-refractivity contribution in [1.82, 2.24) is 10.3 Å². The Kier molecular flexibility index (Phi) is 4.08. The zero-order chi connectivity index (χ0) is 11.2. The van der Waals surface area contributed by atoms with E-state index in [-0.39, 0.29) is 0 Å². The van der Waals surface area contributed by atoms with Crippen molar-refractivity contribution in [2.45, 2.75) is 19.4 Å². The first kappa shape index (κ1) is 11.3. The molecule has 0 fully saturated rings. The van der Waals surface area contributed by atoms with Crippen LogP contribution in [0.3, 0.4) is 0 Å². The van der Waals surface area contributed by atoms with Crippen molar-refractivity contribution in [2.75, 3.05) is 6.54 Å². The van der Waals surface area contributed by atoms with Gasteiger partial charge in [-0.05, 0) is 60.0 Å². The molecule has 2 heterocycles. The Balaban J connectivity index is 1.78. The summed E-state index contributed by atoms with van der Waals surface area (Å²) < 4.78 is 0. The fourth-order valence-electron chi connectivity index (χ4n) is 1.64. The molecular weight excluding hydrogens is 216 g/mol. The molecule has 2 aromatic heterocycles. The van der Waals surface area contributed by atoms with E-state index in [1.165, 1.54) is 11.1 Å². The molecule has 2 aromatic rings. The molecule has 0 amide bonds. The van der Waals surface area contributed by atoms with E-state index >= 15 is 0 Å². The van der Waals surface area contributed by atoms with E-state index in [0.29, 0.717) is 6.04 Å². The zero-order valence-corrected chi connectivity index (χ0v) is 10.2. The molecule has 0 aliphatic heterocycles.